The van der Waals surface area contributed by atoms with Gasteiger partial charge in [0.15, 0.2) is 29.2 Å². The van der Waals surface area contributed by atoms with Crippen LogP contribution in [0.3, 0.4) is 0 Å². The second-order valence-electron chi connectivity index (χ2n) is 10.9. The summed E-state index contributed by atoms with van der Waals surface area (Å²) in [5, 5.41) is 7.86. The summed E-state index contributed by atoms with van der Waals surface area (Å²) in [6, 6.07) is 4.32. The van der Waals surface area contributed by atoms with Crippen LogP contribution in [-0.4, -0.2) is 67.5 Å². The first-order valence-electron chi connectivity index (χ1n) is 14.9. The van der Waals surface area contributed by atoms with Crippen molar-refractivity contribution in [3.8, 4) is 0 Å². The number of nitrogens with zero attached hydrogens (tertiary/aromatic N) is 1. The predicted octanol–water partition coefficient (Wildman–Crippen LogP) is 0.0903. The van der Waals surface area contributed by atoms with E-state index >= 15 is 0 Å². The number of unbranched alkanes of at least 4 members (excludes halogenated alkanes) is 1. The van der Waals surface area contributed by atoms with Gasteiger partial charge in [0.2, 0.25) is 23.5 Å². The zero-order chi connectivity index (χ0) is 35.1. The summed E-state index contributed by atoms with van der Waals surface area (Å²) in [6.45, 7) is 0.227. The Kier molecular flexibility index (Phi) is 16.0. The highest BCUT2D eigenvalue weighted by molar-refractivity contribution is 5.89. The lowest BCUT2D eigenvalue weighted by molar-refractivity contribution is -0.128. The number of hydrogen-bond donors (Lipinski definition) is 8. The molecule has 2 rings (SSSR count). The highest BCUT2D eigenvalue weighted by atomic mass is 19.2. The van der Waals surface area contributed by atoms with Crippen molar-refractivity contribution in [1.82, 2.24) is 16.0 Å². The maximum absolute atomic E-state index is 14.7. The minimum absolute atomic E-state index is 0.0797. The van der Waals surface area contributed by atoms with E-state index in [1.165, 1.54) is 0 Å². The third-order valence-corrected chi connectivity index (χ3v) is 7.23. The summed E-state index contributed by atoms with van der Waals surface area (Å²) in [4.78, 5) is 42.3. The standard InChI is InChI=1S/C30H42F5N9O3/c31-22-18(23(32)25(34)26(35)24(22)33)14-21(29(47)44-20(27(38)45)10-4-5-11-36)42-15-17(9-6-12-41-30(39)40)43-28(46)19(37)13-16-7-2-1-3-8-16/h1-3,7-8,17,19-21,42H,4-6,9-15,36-37H2,(H2,38,45)(H,43,46)(H,44,47)(H4,39,40,41). The minimum Gasteiger partial charge on any atom is -0.370 e. The molecule has 13 N–H and O–H groups in total. The largest absolute Gasteiger partial charge is 0.370 e. The number of amides is 3. The van der Waals surface area contributed by atoms with Gasteiger partial charge < -0.3 is 44.6 Å². The first kappa shape index (κ1) is 38.8. The molecule has 3 amide bonds. The van der Waals surface area contributed by atoms with Gasteiger partial charge in [0.05, 0.1) is 12.1 Å². The Morgan fingerprint density at radius 1 is 0.745 bits per heavy atom. The summed E-state index contributed by atoms with van der Waals surface area (Å²) >= 11 is 0. The second-order valence-corrected chi connectivity index (χ2v) is 10.9. The third-order valence-electron chi connectivity index (χ3n) is 7.23. The predicted molar refractivity (Wildman–Crippen MR) is 166 cm³/mol. The molecule has 0 fully saturated rings. The maximum Gasteiger partial charge on any atom is 0.240 e. The molecule has 4 atom stereocenters. The molecule has 0 saturated carbocycles. The van der Waals surface area contributed by atoms with Crippen molar-refractivity contribution in [2.45, 2.75) is 69.1 Å². The monoisotopic (exact) mass is 671 g/mol. The SMILES string of the molecule is NCCCCC(NC(=O)C(Cc1c(F)c(F)c(F)c(F)c1F)NCC(CCCN=C(N)N)NC(=O)C(N)Cc1ccccc1)C(N)=O. The Balaban J connectivity index is 2.34. The molecule has 0 aliphatic carbocycles. The van der Waals surface area contributed by atoms with Crippen molar-refractivity contribution in [2.75, 3.05) is 19.6 Å². The fourth-order valence-electron chi connectivity index (χ4n) is 4.67. The lowest BCUT2D eigenvalue weighted by Crippen LogP contribution is -2.56. The van der Waals surface area contributed by atoms with Gasteiger partial charge in [-0.15, -0.1) is 0 Å². The molecular weight excluding hydrogens is 629 g/mol. The highest BCUT2D eigenvalue weighted by Crippen LogP contribution is 2.24. The number of rotatable bonds is 20. The number of nitrogens with two attached hydrogens (primary N) is 5. The van der Waals surface area contributed by atoms with Crippen molar-refractivity contribution in [3.63, 3.8) is 0 Å². The molecule has 0 aromatic heterocycles. The molecule has 260 valence electrons. The van der Waals surface area contributed by atoms with Crippen molar-refractivity contribution in [2.24, 2.45) is 33.7 Å². The van der Waals surface area contributed by atoms with E-state index in [2.05, 4.69) is 20.9 Å². The molecule has 17 heteroatoms. The molecular formula is C30H42F5N9O3. The molecule has 0 aliphatic rings. The average Bonchev–Trinajstić information content (AvgIpc) is 3.03. The number of hydrogen-bond acceptors (Lipinski definition) is 7. The molecule has 0 radical (unpaired) electrons. The third kappa shape index (κ3) is 12.4. The average molecular weight is 672 g/mol. The number of benzene rings is 2. The number of carbonyl (C=O) groups is 3. The van der Waals surface area contributed by atoms with Crippen LogP contribution in [0, 0.1) is 29.1 Å². The van der Waals surface area contributed by atoms with Crippen LogP contribution < -0.4 is 44.6 Å². The summed E-state index contributed by atoms with van der Waals surface area (Å²) in [5.74, 6) is -13.6. The highest BCUT2D eigenvalue weighted by Gasteiger charge is 2.31. The van der Waals surface area contributed by atoms with Crippen LogP contribution in [0.2, 0.25) is 0 Å². The van der Waals surface area contributed by atoms with Gasteiger partial charge in [0.25, 0.3) is 0 Å². The number of aliphatic imine (C=N–C) groups is 1. The molecule has 0 aliphatic heterocycles. The summed E-state index contributed by atoms with van der Waals surface area (Å²) < 4.78 is 71.1. The van der Waals surface area contributed by atoms with Crippen LogP contribution in [0.1, 0.15) is 43.2 Å². The Morgan fingerprint density at radius 3 is 1.94 bits per heavy atom. The van der Waals surface area contributed by atoms with Crippen LogP contribution >= 0.6 is 0 Å². The van der Waals surface area contributed by atoms with Crippen LogP contribution in [0.5, 0.6) is 0 Å². The minimum atomic E-state index is -2.36. The Labute approximate surface area is 269 Å². The van der Waals surface area contributed by atoms with Crippen molar-refractivity contribution in [1.29, 1.82) is 0 Å². The first-order valence-corrected chi connectivity index (χ1v) is 14.9. The van der Waals surface area contributed by atoms with E-state index in [9.17, 15) is 36.3 Å². The quantitative estimate of drug-likeness (QED) is 0.0240. The molecule has 0 saturated heterocycles. The lowest BCUT2D eigenvalue weighted by atomic mass is 10.0. The second kappa shape index (κ2) is 19.3. The summed E-state index contributed by atoms with van der Waals surface area (Å²) in [6.07, 6.45) is 0.702. The number of halogens is 5. The smallest absolute Gasteiger partial charge is 0.240 e. The molecule has 2 aromatic rings. The first-order chi connectivity index (χ1) is 22.3. The van der Waals surface area contributed by atoms with E-state index in [-0.39, 0.29) is 38.3 Å². The van der Waals surface area contributed by atoms with E-state index in [1.807, 2.05) is 0 Å². The number of guanidine groups is 1. The summed E-state index contributed by atoms with van der Waals surface area (Å²) in [5.41, 5.74) is 27.3. The van der Waals surface area contributed by atoms with Gasteiger partial charge in [-0.3, -0.25) is 19.4 Å². The normalized spacial score (nSPS) is 13.7. The van der Waals surface area contributed by atoms with E-state index in [0.29, 0.717) is 25.8 Å². The van der Waals surface area contributed by atoms with Crippen molar-refractivity contribution < 1.29 is 36.3 Å². The Bertz CT molecular complexity index is 1350. The molecule has 0 spiro atoms. The van der Waals surface area contributed by atoms with Gasteiger partial charge in [-0.25, -0.2) is 22.0 Å². The van der Waals surface area contributed by atoms with E-state index in [4.69, 9.17) is 28.7 Å². The molecule has 0 bridgehead atoms. The van der Waals surface area contributed by atoms with E-state index in [0.717, 1.165) is 5.56 Å². The fourth-order valence-corrected chi connectivity index (χ4v) is 4.67. The van der Waals surface area contributed by atoms with Gasteiger partial charge >= 0.3 is 0 Å². The Hall–Kier alpha value is -4.35. The van der Waals surface area contributed by atoms with Gasteiger partial charge in [-0.1, -0.05) is 30.3 Å². The number of carbonyl (C=O) groups excluding carboxylic acids is 3. The fraction of sp³-hybridized carbons (Fsp3) is 0.467. The van der Waals surface area contributed by atoms with Gasteiger partial charge in [0, 0.05) is 31.1 Å². The zero-order valence-corrected chi connectivity index (χ0v) is 25.7. The van der Waals surface area contributed by atoms with Crippen molar-refractivity contribution >= 4 is 23.7 Å². The number of primary amides is 1. The number of nitrogens with one attached hydrogen (secondary N) is 3. The van der Waals surface area contributed by atoms with Crippen molar-refractivity contribution in [3.05, 3.63) is 70.5 Å². The molecule has 12 nitrogen and oxygen atoms in total. The van der Waals surface area contributed by atoms with Crippen LogP contribution in [0.4, 0.5) is 22.0 Å². The van der Waals surface area contributed by atoms with Crippen LogP contribution in [0.25, 0.3) is 0 Å². The zero-order valence-electron chi connectivity index (χ0n) is 25.7. The molecule has 2 aromatic carbocycles. The Morgan fingerprint density at radius 2 is 1.36 bits per heavy atom. The molecule has 0 heterocycles. The topological polar surface area (TPSA) is 230 Å². The van der Waals surface area contributed by atoms with Gasteiger partial charge in [-0.2, -0.15) is 0 Å². The van der Waals surface area contributed by atoms with Gasteiger partial charge in [0.1, 0.15) is 6.04 Å². The molecule has 4 unspecified atom stereocenters. The molecule has 47 heavy (non-hydrogen) atoms. The van der Waals surface area contributed by atoms with Crippen LogP contribution in [0.15, 0.2) is 35.3 Å². The van der Waals surface area contributed by atoms with Crippen LogP contribution in [-0.2, 0) is 27.2 Å². The van der Waals surface area contributed by atoms with E-state index in [1.54, 1.807) is 30.3 Å². The van der Waals surface area contributed by atoms with Gasteiger partial charge in [-0.05, 0) is 50.6 Å². The summed E-state index contributed by atoms with van der Waals surface area (Å²) in [7, 11) is 0. The van der Waals surface area contributed by atoms with E-state index < -0.39 is 83.0 Å². The maximum atomic E-state index is 14.7. The lowest BCUT2D eigenvalue weighted by Gasteiger charge is -2.26.